The second kappa shape index (κ2) is 7.93. The van der Waals surface area contributed by atoms with Gasteiger partial charge < -0.3 is 14.8 Å². The van der Waals surface area contributed by atoms with Crippen molar-refractivity contribution < 1.29 is 14.3 Å². The van der Waals surface area contributed by atoms with Crippen molar-refractivity contribution in [1.29, 1.82) is 0 Å². The van der Waals surface area contributed by atoms with Crippen LogP contribution < -0.4 is 14.8 Å². The molecule has 2 aromatic carbocycles. The Bertz CT molecular complexity index is 907. The van der Waals surface area contributed by atoms with Gasteiger partial charge in [0.05, 0.1) is 18.5 Å². The minimum Gasteiger partial charge on any atom is -0.497 e. The van der Waals surface area contributed by atoms with Crippen LogP contribution in [0.1, 0.15) is 5.69 Å². The van der Waals surface area contributed by atoms with Gasteiger partial charge in [-0.05, 0) is 49.4 Å². The van der Waals surface area contributed by atoms with Crippen molar-refractivity contribution in [2.45, 2.75) is 6.92 Å². The maximum Gasteiger partial charge on any atom is 0.263 e. The predicted molar refractivity (Wildman–Crippen MR) is 100 cm³/mol. The zero-order valence-corrected chi connectivity index (χ0v) is 15.2. The van der Waals surface area contributed by atoms with Gasteiger partial charge in [0.1, 0.15) is 17.3 Å². The van der Waals surface area contributed by atoms with Gasteiger partial charge in [-0.25, -0.2) is 4.68 Å². The fraction of sp³-hybridized carbons (Fsp3) is 0.158. The number of carbonyl (C=O) groups is 1. The summed E-state index contributed by atoms with van der Waals surface area (Å²) in [6, 6.07) is 16.1. The monoisotopic (exact) mass is 371 g/mol. The third-order valence-corrected chi connectivity index (χ3v) is 3.82. The van der Waals surface area contributed by atoms with Gasteiger partial charge in [0.15, 0.2) is 6.61 Å². The van der Waals surface area contributed by atoms with E-state index in [1.165, 1.54) is 0 Å². The summed E-state index contributed by atoms with van der Waals surface area (Å²) < 4.78 is 12.2. The number of rotatable bonds is 6. The highest BCUT2D eigenvalue weighted by Gasteiger charge is 2.12. The zero-order valence-electron chi connectivity index (χ0n) is 14.4. The van der Waals surface area contributed by atoms with E-state index in [0.29, 0.717) is 16.6 Å². The van der Waals surface area contributed by atoms with Gasteiger partial charge in [-0.3, -0.25) is 4.79 Å². The summed E-state index contributed by atoms with van der Waals surface area (Å²) in [4.78, 5) is 12.2. The van der Waals surface area contributed by atoms with Gasteiger partial charge >= 0.3 is 0 Å². The Morgan fingerprint density at radius 1 is 1.15 bits per heavy atom. The molecule has 134 valence electrons. The molecule has 0 aliphatic rings. The summed E-state index contributed by atoms with van der Waals surface area (Å²) >= 11 is 6.04. The van der Waals surface area contributed by atoms with Crippen molar-refractivity contribution in [3.8, 4) is 17.2 Å². The molecule has 0 spiro atoms. The van der Waals surface area contributed by atoms with Crippen molar-refractivity contribution in [2.75, 3.05) is 19.0 Å². The maximum atomic E-state index is 12.2. The molecule has 1 amide bonds. The first kappa shape index (κ1) is 17.8. The number of amides is 1. The topological polar surface area (TPSA) is 65.4 Å². The van der Waals surface area contributed by atoms with E-state index in [-0.39, 0.29) is 12.5 Å². The molecule has 0 saturated heterocycles. The minimum atomic E-state index is -0.288. The molecule has 3 aromatic rings. The molecule has 3 rings (SSSR count). The van der Waals surface area contributed by atoms with Gasteiger partial charge in [-0.1, -0.05) is 17.7 Å². The summed E-state index contributed by atoms with van der Waals surface area (Å²) in [5.41, 5.74) is 1.54. The second-order valence-electron chi connectivity index (χ2n) is 5.58. The number of nitrogens with one attached hydrogen (secondary N) is 1. The SMILES string of the molecule is COc1ccc(OCC(=O)Nc2cc(C)nn2-c2cccc(Cl)c2)cc1. The quantitative estimate of drug-likeness (QED) is 0.714. The molecule has 0 bridgehead atoms. The van der Waals surface area contributed by atoms with Gasteiger partial charge in [0, 0.05) is 11.1 Å². The highest BCUT2D eigenvalue weighted by atomic mass is 35.5. The van der Waals surface area contributed by atoms with Crippen molar-refractivity contribution in [1.82, 2.24) is 9.78 Å². The number of aryl methyl sites for hydroxylation is 1. The summed E-state index contributed by atoms with van der Waals surface area (Å²) in [5, 5.41) is 7.81. The summed E-state index contributed by atoms with van der Waals surface area (Å²) in [6.07, 6.45) is 0. The second-order valence-corrected chi connectivity index (χ2v) is 6.01. The molecule has 26 heavy (non-hydrogen) atoms. The highest BCUT2D eigenvalue weighted by Crippen LogP contribution is 2.20. The summed E-state index contributed by atoms with van der Waals surface area (Å²) in [6.45, 7) is 1.73. The average Bonchev–Trinajstić information content (AvgIpc) is 3.00. The van der Waals surface area contributed by atoms with E-state index in [2.05, 4.69) is 10.4 Å². The largest absolute Gasteiger partial charge is 0.497 e. The molecule has 0 atom stereocenters. The van der Waals surface area contributed by atoms with Crippen LogP contribution in [0.15, 0.2) is 54.6 Å². The van der Waals surface area contributed by atoms with E-state index in [0.717, 1.165) is 17.1 Å². The normalized spacial score (nSPS) is 10.4. The first-order chi connectivity index (χ1) is 12.5. The fourth-order valence-corrected chi connectivity index (χ4v) is 2.58. The Hall–Kier alpha value is -2.99. The molecule has 7 heteroatoms. The van der Waals surface area contributed by atoms with Crippen LogP contribution in [-0.4, -0.2) is 29.4 Å². The fourth-order valence-electron chi connectivity index (χ4n) is 2.39. The lowest BCUT2D eigenvalue weighted by Crippen LogP contribution is -2.21. The number of anilines is 1. The molecule has 1 aromatic heterocycles. The number of hydrogen-bond donors (Lipinski definition) is 1. The highest BCUT2D eigenvalue weighted by molar-refractivity contribution is 6.30. The van der Waals surface area contributed by atoms with E-state index in [4.69, 9.17) is 21.1 Å². The van der Waals surface area contributed by atoms with Crippen LogP contribution in [0.2, 0.25) is 5.02 Å². The first-order valence-corrected chi connectivity index (χ1v) is 8.32. The third kappa shape index (κ3) is 4.34. The molecule has 6 nitrogen and oxygen atoms in total. The molecule has 0 fully saturated rings. The Labute approximate surface area is 156 Å². The van der Waals surface area contributed by atoms with Crippen LogP contribution in [0.4, 0.5) is 5.82 Å². The molecular weight excluding hydrogens is 354 g/mol. The van der Waals surface area contributed by atoms with Gasteiger partial charge in [0.2, 0.25) is 0 Å². The third-order valence-electron chi connectivity index (χ3n) is 3.58. The van der Waals surface area contributed by atoms with Crippen LogP contribution >= 0.6 is 11.6 Å². The number of methoxy groups -OCH3 is 1. The number of carbonyl (C=O) groups excluding carboxylic acids is 1. The molecule has 0 aliphatic heterocycles. The van der Waals surface area contributed by atoms with Crippen LogP contribution in [0.25, 0.3) is 5.69 Å². The Morgan fingerprint density at radius 3 is 2.58 bits per heavy atom. The number of hydrogen-bond acceptors (Lipinski definition) is 4. The van der Waals surface area contributed by atoms with Crippen LogP contribution in [-0.2, 0) is 4.79 Å². The average molecular weight is 372 g/mol. The van der Waals surface area contributed by atoms with Gasteiger partial charge in [-0.15, -0.1) is 0 Å². The van der Waals surface area contributed by atoms with Crippen LogP contribution in [0.5, 0.6) is 11.5 Å². The number of nitrogens with zero attached hydrogens (tertiary/aromatic N) is 2. The molecule has 1 heterocycles. The first-order valence-electron chi connectivity index (χ1n) is 7.94. The van der Waals surface area contributed by atoms with Gasteiger partial charge in [0.25, 0.3) is 5.91 Å². The lowest BCUT2D eigenvalue weighted by Gasteiger charge is -2.10. The Morgan fingerprint density at radius 2 is 1.88 bits per heavy atom. The Balaban J connectivity index is 1.67. The van der Waals surface area contributed by atoms with E-state index < -0.39 is 0 Å². The van der Waals surface area contributed by atoms with E-state index >= 15 is 0 Å². The number of halogens is 1. The molecule has 0 radical (unpaired) electrons. The maximum absolute atomic E-state index is 12.2. The molecule has 0 unspecified atom stereocenters. The Kier molecular flexibility index (Phi) is 5.43. The van der Waals surface area contributed by atoms with Crippen molar-refractivity contribution in [2.24, 2.45) is 0 Å². The minimum absolute atomic E-state index is 0.119. The van der Waals surface area contributed by atoms with Crippen molar-refractivity contribution in [3.63, 3.8) is 0 Å². The van der Waals surface area contributed by atoms with Gasteiger partial charge in [-0.2, -0.15) is 5.10 Å². The van der Waals surface area contributed by atoms with Crippen LogP contribution in [0.3, 0.4) is 0 Å². The number of aromatic nitrogens is 2. The molecule has 0 aliphatic carbocycles. The van der Waals surface area contributed by atoms with E-state index in [9.17, 15) is 4.79 Å². The molecular formula is C19H18ClN3O3. The molecule has 1 N–H and O–H groups in total. The lowest BCUT2D eigenvalue weighted by molar-refractivity contribution is -0.118. The summed E-state index contributed by atoms with van der Waals surface area (Å²) in [5.74, 6) is 1.57. The standard InChI is InChI=1S/C19H18ClN3O3/c1-13-10-18(23(22-13)15-5-3-4-14(20)11-15)21-19(24)12-26-17-8-6-16(25-2)7-9-17/h3-11H,12H2,1-2H3,(H,21,24). The lowest BCUT2D eigenvalue weighted by atomic mass is 10.3. The zero-order chi connectivity index (χ0) is 18.5. The smallest absolute Gasteiger partial charge is 0.263 e. The summed E-state index contributed by atoms with van der Waals surface area (Å²) in [7, 11) is 1.59. The van der Waals surface area contributed by atoms with Crippen molar-refractivity contribution in [3.05, 3.63) is 65.3 Å². The van der Waals surface area contributed by atoms with Crippen LogP contribution in [0, 0.1) is 6.92 Å². The number of benzene rings is 2. The molecule has 0 saturated carbocycles. The van der Waals surface area contributed by atoms with E-state index in [1.54, 1.807) is 54.3 Å². The van der Waals surface area contributed by atoms with Crippen molar-refractivity contribution >= 4 is 23.3 Å². The predicted octanol–water partition coefficient (Wildman–Crippen LogP) is 3.86. The van der Waals surface area contributed by atoms with E-state index in [1.807, 2.05) is 19.1 Å². The number of ether oxygens (including phenoxy) is 2.